The molecule has 8 heteroatoms. The Kier molecular flexibility index (Phi) is 5.22. The molecule has 0 aliphatic carbocycles. The van der Waals surface area contributed by atoms with Crippen molar-refractivity contribution in [3.63, 3.8) is 0 Å². The molecule has 1 saturated heterocycles. The molecule has 112 valence electrons. The largest absolute Gasteiger partial charge is 0.341 e. The molecule has 1 atom stereocenters. The molecule has 0 spiro atoms. The first-order chi connectivity index (χ1) is 9.48. The monoisotopic (exact) mass is 316 g/mol. The van der Waals surface area contributed by atoms with Crippen LogP contribution in [0.5, 0.6) is 0 Å². The highest BCUT2D eigenvalue weighted by Crippen LogP contribution is 2.21. The van der Waals surface area contributed by atoms with E-state index in [1.807, 2.05) is 18.6 Å². The molecule has 1 N–H and O–H groups in total. The van der Waals surface area contributed by atoms with Crippen LogP contribution in [0.2, 0.25) is 0 Å². The van der Waals surface area contributed by atoms with Gasteiger partial charge in [0, 0.05) is 36.9 Å². The van der Waals surface area contributed by atoms with Crippen molar-refractivity contribution in [2.45, 2.75) is 17.7 Å². The zero-order valence-corrected chi connectivity index (χ0v) is 13.4. The second-order valence-corrected chi connectivity index (χ2v) is 7.71. The Morgan fingerprint density at radius 1 is 1.45 bits per heavy atom. The van der Waals surface area contributed by atoms with E-state index in [0.29, 0.717) is 12.5 Å². The van der Waals surface area contributed by atoms with E-state index in [1.165, 1.54) is 6.26 Å². The highest BCUT2D eigenvalue weighted by atomic mass is 32.2. The number of aromatic nitrogens is 2. The van der Waals surface area contributed by atoms with Crippen molar-refractivity contribution in [2.75, 3.05) is 37.0 Å². The molecule has 0 unspecified atom stereocenters. The molecule has 2 heterocycles. The van der Waals surface area contributed by atoms with Gasteiger partial charge in [-0.3, -0.25) is 0 Å². The van der Waals surface area contributed by atoms with E-state index >= 15 is 0 Å². The van der Waals surface area contributed by atoms with E-state index in [4.69, 9.17) is 0 Å². The van der Waals surface area contributed by atoms with Crippen LogP contribution in [-0.2, 0) is 10.0 Å². The zero-order valence-electron chi connectivity index (χ0n) is 11.7. The molecular weight excluding hydrogens is 296 g/mol. The summed E-state index contributed by atoms with van der Waals surface area (Å²) in [6.07, 6.45) is 8.90. The molecule has 1 aromatic heterocycles. The SMILES string of the molecule is CSc1cnc(N2CCC[C@@H](CNS(C)(=O)=O)C2)nc1. The van der Waals surface area contributed by atoms with E-state index in [2.05, 4.69) is 19.6 Å². The van der Waals surface area contributed by atoms with Gasteiger partial charge in [0.05, 0.1) is 6.26 Å². The van der Waals surface area contributed by atoms with Crippen LogP contribution in [0.1, 0.15) is 12.8 Å². The second-order valence-electron chi connectivity index (χ2n) is 5.00. The number of hydrogen-bond acceptors (Lipinski definition) is 6. The third-order valence-corrected chi connectivity index (χ3v) is 4.66. The lowest BCUT2D eigenvalue weighted by molar-refractivity contribution is 0.407. The maximum Gasteiger partial charge on any atom is 0.225 e. The molecular formula is C12H20N4O2S2. The molecule has 20 heavy (non-hydrogen) atoms. The van der Waals surface area contributed by atoms with Gasteiger partial charge in [-0.05, 0) is 25.0 Å². The fraction of sp³-hybridized carbons (Fsp3) is 0.667. The average molecular weight is 316 g/mol. The predicted molar refractivity (Wildman–Crippen MR) is 81.6 cm³/mol. The summed E-state index contributed by atoms with van der Waals surface area (Å²) in [5.74, 6) is 1.04. The van der Waals surface area contributed by atoms with Crippen molar-refractivity contribution < 1.29 is 8.42 Å². The van der Waals surface area contributed by atoms with Crippen LogP contribution >= 0.6 is 11.8 Å². The Morgan fingerprint density at radius 3 is 2.75 bits per heavy atom. The molecule has 0 radical (unpaired) electrons. The van der Waals surface area contributed by atoms with Crippen molar-refractivity contribution in [2.24, 2.45) is 5.92 Å². The molecule has 0 aromatic carbocycles. The summed E-state index contributed by atoms with van der Waals surface area (Å²) >= 11 is 1.62. The first kappa shape index (κ1) is 15.5. The van der Waals surface area contributed by atoms with Crippen LogP contribution in [0.3, 0.4) is 0 Å². The van der Waals surface area contributed by atoms with Crippen molar-refractivity contribution in [3.05, 3.63) is 12.4 Å². The normalized spacial score (nSPS) is 20.1. The number of anilines is 1. The molecule has 2 rings (SSSR count). The summed E-state index contributed by atoms with van der Waals surface area (Å²) in [4.78, 5) is 11.9. The highest BCUT2D eigenvalue weighted by Gasteiger charge is 2.22. The fourth-order valence-electron chi connectivity index (χ4n) is 2.26. The summed E-state index contributed by atoms with van der Waals surface area (Å²) in [5, 5.41) is 0. The number of thioether (sulfide) groups is 1. The Hall–Kier alpha value is -0.860. The minimum atomic E-state index is -3.12. The number of hydrogen-bond donors (Lipinski definition) is 1. The van der Waals surface area contributed by atoms with Gasteiger partial charge in [0.2, 0.25) is 16.0 Å². The molecule has 1 fully saturated rings. The van der Waals surface area contributed by atoms with E-state index in [1.54, 1.807) is 11.8 Å². The first-order valence-electron chi connectivity index (χ1n) is 6.53. The van der Waals surface area contributed by atoms with Crippen LogP contribution in [-0.4, -0.2) is 50.5 Å². The van der Waals surface area contributed by atoms with E-state index in [-0.39, 0.29) is 0 Å². The number of sulfonamides is 1. The maximum absolute atomic E-state index is 11.1. The molecule has 0 amide bonds. The second kappa shape index (κ2) is 6.73. The van der Waals surface area contributed by atoms with Gasteiger partial charge in [0.25, 0.3) is 0 Å². The fourth-order valence-corrected chi connectivity index (χ4v) is 3.12. The van der Waals surface area contributed by atoms with Crippen LogP contribution in [0.15, 0.2) is 17.3 Å². The van der Waals surface area contributed by atoms with Crippen LogP contribution in [0.25, 0.3) is 0 Å². The third-order valence-electron chi connectivity index (χ3n) is 3.29. The van der Waals surface area contributed by atoms with Gasteiger partial charge in [0.1, 0.15) is 0 Å². The molecule has 1 aromatic rings. The van der Waals surface area contributed by atoms with E-state index in [0.717, 1.165) is 36.8 Å². The Labute approximate surface area is 124 Å². The molecule has 6 nitrogen and oxygen atoms in total. The molecule has 1 aliphatic heterocycles. The van der Waals surface area contributed by atoms with Crippen LogP contribution in [0.4, 0.5) is 5.95 Å². The average Bonchev–Trinajstić information content (AvgIpc) is 2.45. The lowest BCUT2D eigenvalue weighted by Crippen LogP contribution is -2.41. The summed E-state index contributed by atoms with van der Waals surface area (Å²) in [7, 11) is -3.12. The standard InChI is InChI=1S/C12H20N4O2S2/c1-19-11-7-13-12(14-8-11)16-5-3-4-10(9-16)6-15-20(2,17)18/h7-8,10,15H,3-6,9H2,1-2H3/t10-/m0/s1. The van der Waals surface area contributed by atoms with E-state index in [9.17, 15) is 8.42 Å². The molecule has 0 bridgehead atoms. The zero-order chi connectivity index (χ0) is 14.6. The van der Waals surface area contributed by atoms with Gasteiger partial charge in [-0.25, -0.2) is 23.1 Å². The number of rotatable bonds is 5. The maximum atomic E-state index is 11.1. The number of piperidine rings is 1. The van der Waals surface area contributed by atoms with Crippen molar-refractivity contribution in [3.8, 4) is 0 Å². The van der Waals surface area contributed by atoms with Crippen LogP contribution < -0.4 is 9.62 Å². The Bertz CT molecular complexity index is 533. The first-order valence-corrected chi connectivity index (χ1v) is 9.65. The Morgan fingerprint density at radius 2 is 2.15 bits per heavy atom. The number of nitrogens with one attached hydrogen (secondary N) is 1. The summed E-state index contributed by atoms with van der Waals surface area (Å²) < 4.78 is 24.9. The van der Waals surface area contributed by atoms with Gasteiger partial charge in [-0.1, -0.05) is 0 Å². The molecule has 1 aliphatic rings. The summed E-state index contributed by atoms with van der Waals surface area (Å²) in [6.45, 7) is 2.20. The van der Waals surface area contributed by atoms with Gasteiger partial charge < -0.3 is 4.90 Å². The van der Waals surface area contributed by atoms with Gasteiger partial charge in [-0.2, -0.15) is 0 Å². The predicted octanol–water partition coefficient (Wildman–Crippen LogP) is 0.964. The Balaban J connectivity index is 1.95. The quantitative estimate of drug-likeness (QED) is 0.816. The minimum Gasteiger partial charge on any atom is -0.341 e. The minimum absolute atomic E-state index is 0.308. The number of nitrogens with zero attached hydrogens (tertiary/aromatic N) is 3. The lowest BCUT2D eigenvalue weighted by Gasteiger charge is -2.32. The summed E-state index contributed by atoms with van der Waals surface area (Å²) in [5.41, 5.74) is 0. The lowest BCUT2D eigenvalue weighted by atomic mass is 9.99. The highest BCUT2D eigenvalue weighted by molar-refractivity contribution is 7.98. The van der Waals surface area contributed by atoms with E-state index < -0.39 is 10.0 Å². The smallest absolute Gasteiger partial charge is 0.225 e. The third kappa shape index (κ3) is 4.60. The van der Waals surface area contributed by atoms with Crippen molar-refractivity contribution in [1.82, 2.24) is 14.7 Å². The van der Waals surface area contributed by atoms with Crippen molar-refractivity contribution in [1.29, 1.82) is 0 Å². The topological polar surface area (TPSA) is 75.2 Å². The van der Waals surface area contributed by atoms with Crippen LogP contribution in [0, 0.1) is 5.92 Å². The van der Waals surface area contributed by atoms with Gasteiger partial charge >= 0.3 is 0 Å². The summed E-state index contributed by atoms with van der Waals surface area (Å²) in [6, 6.07) is 0. The molecule has 0 saturated carbocycles. The van der Waals surface area contributed by atoms with Gasteiger partial charge in [-0.15, -0.1) is 11.8 Å². The van der Waals surface area contributed by atoms with Crippen molar-refractivity contribution >= 4 is 27.7 Å². The van der Waals surface area contributed by atoms with Gasteiger partial charge in [0.15, 0.2) is 0 Å².